The fraction of sp³-hybridized carbons (Fsp3) is 0.529. The number of halogens is 1. The van der Waals surface area contributed by atoms with Gasteiger partial charge in [0.1, 0.15) is 11.3 Å². The SMILES string of the molecule is CCNC(=NCc1ccc(OC)c(C(=O)OC)c1)NCC1CC1.I. The molecule has 0 heterocycles. The van der Waals surface area contributed by atoms with Crippen LogP contribution in [0.25, 0.3) is 0 Å². The monoisotopic (exact) mass is 447 g/mol. The van der Waals surface area contributed by atoms with E-state index in [1.54, 1.807) is 12.1 Å². The Hall–Kier alpha value is -1.51. The molecule has 1 aliphatic carbocycles. The number of carbonyl (C=O) groups excluding carboxylic acids is 1. The van der Waals surface area contributed by atoms with Crippen molar-refractivity contribution in [3.63, 3.8) is 0 Å². The average molecular weight is 447 g/mol. The van der Waals surface area contributed by atoms with E-state index in [2.05, 4.69) is 15.6 Å². The molecule has 0 saturated heterocycles. The molecule has 0 atom stereocenters. The van der Waals surface area contributed by atoms with Gasteiger partial charge in [-0.1, -0.05) is 6.07 Å². The van der Waals surface area contributed by atoms with Gasteiger partial charge in [-0.3, -0.25) is 0 Å². The van der Waals surface area contributed by atoms with E-state index in [9.17, 15) is 4.79 Å². The Balaban J connectivity index is 0.00000288. The van der Waals surface area contributed by atoms with Crippen LogP contribution in [0.4, 0.5) is 0 Å². The van der Waals surface area contributed by atoms with Gasteiger partial charge < -0.3 is 20.1 Å². The summed E-state index contributed by atoms with van der Waals surface area (Å²) in [7, 11) is 2.89. The summed E-state index contributed by atoms with van der Waals surface area (Å²) >= 11 is 0. The Labute approximate surface area is 160 Å². The number of esters is 1. The fourth-order valence-corrected chi connectivity index (χ4v) is 2.20. The maximum absolute atomic E-state index is 11.8. The smallest absolute Gasteiger partial charge is 0.341 e. The van der Waals surface area contributed by atoms with Gasteiger partial charge in [0.15, 0.2) is 5.96 Å². The van der Waals surface area contributed by atoms with E-state index in [1.165, 1.54) is 27.1 Å². The molecule has 1 aromatic carbocycles. The van der Waals surface area contributed by atoms with Crippen molar-refractivity contribution >= 4 is 35.9 Å². The normalized spacial score (nSPS) is 13.7. The summed E-state index contributed by atoms with van der Waals surface area (Å²) in [5.74, 6) is 1.68. The van der Waals surface area contributed by atoms with E-state index >= 15 is 0 Å². The van der Waals surface area contributed by atoms with Gasteiger partial charge in [0.25, 0.3) is 0 Å². The Bertz CT molecular complexity index is 574. The summed E-state index contributed by atoms with van der Waals surface area (Å²) in [6.45, 7) is 4.29. The molecular weight excluding hydrogens is 421 g/mol. The molecule has 134 valence electrons. The molecule has 0 radical (unpaired) electrons. The van der Waals surface area contributed by atoms with Crippen LogP contribution < -0.4 is 15.4 Å². The summed E-state index contributed by atoms with van der Waals surface area (Å²) in [5.41, 5.74) is 1.34. The largest absolute Gasteiger partial charge is 0.496 e. The first kappa shape index (κ1) is 20.5. The van der Waals surface area contributed by atoms with E-state index in [0.717, 1.165) is 30.5 Å². The zero-order chi connectivity index (χ0) is 16.7. The highest BCUT2D eigenvalue weighted by atomic mass is 127. The van der Waals surface area contributed by atoms with E-state index in [0.29, 0.717) is 17.9 Å². The number of aliphatic imine (C=N–C) groups is 1. The molecule has 1 aromatic rings. The number of nitrogens with zero attached hydrogens (tertiary/aromatic N) is 1. The van der Waals surface area contributed by atoms with Crippen LogP contribution in [0.3, 0.4) is 0 Å². The van der Waals surface area contributed by atoms with Crippen molar-refractivity contribution in [2.75, 3.05) is 27.3 Å². The lowest BCUT2D eigenvalue weighted by molar-refractivity contribution is 0.0597. The molecule has 0 unspecified atom stereocenters. The minimum Gasteiger partial charge on any atom is -0.496 e. The van der Waals surface area contributed by atoms with Crippen molar-refractivity contribution in [3.8, 4) is 5.75 Å². The summed E-state index contributed by atoms with van der Waals surface area (Å²) in [5, 5.41) is 6.58. The van der Waals surface area contributed by atoms with Crippen molar-refractivity contribution < 1.29 is 14.3 Å². The summed E-state index contributed by atoms with van der Waals surface area (Å²) in [6, 6.07) is 5.43. The van der Waals surface area contributed by atoms with E-state index in [-0.39, 0.29) is 24.0 Å². The van der Waals surface area contributed by atoms with Crippen LogP contribution in [-0.4, -0.2) is 39.2 Å². The minimum atomic E-state index is -0.411. The molecule has 1 fully saturated rings. The van der Waals surface area contributed by atoms with Crippen molar-refractivity contribution in [1.82, 2.24) is 10.6 Å². The molecule has 0 aromatic heterocycles. The third-order valence-corrected chi connectivity index (χ3v) is 3.69. The van der Waals surface area contributed by atoms with Gasteiger partial charge in [-0.15, -0.1) is 24.0 Å². The number of ether oxygens (including phenoxy) is 2. The second-order valence-corrected chi connectivity index (χ2v) is 5.55. The first-order valence-electron chi connectivity index (χ1n) is 7.95. The predicted octanol–water partition coefficient (Wildman–Crippen LogP) is 2.56. The van der Waals surface area contributed by atoms with E-state index in [4.69, 9.17) is 9.47 Å². The fourth-order valence-electron chi connectivity index (χ4n) is 2.20. The quantitative estimate of drug-likeness (QED) is 0.291. The Morgan fingerprint density at radius 2 is 2.04 bits per heavy atom. The molecule has 2 rings (SSSR count). The van der Waals surface area contributed by atoms with Gasteiger partial charge in [-0.2, -0.15) is 0 Å². The first-order valence-corrected chi connectivity index (χ1v) is 7.95. The minimum absolute atomic E-state index is 0. The second kappa shape index (κ2) is 10.4. The summed E-state index contributed by atoms with van der Waals surface area (Å²) < 4.78 is 9.99. The molecule has 24 heavy (non-hydrogen) atoms. The van der Waals surface area contributed by atoms with Crippen molar-refractivity contribution in [1.29, 1.82) is 0 Å². The molecule has 2 N–H and O–H groups in total. The molecule has 0 amide bonds. The Morgan fingerprint density at radius 1 is 1.29 bits per heavy atom. The molecule has 7 heteroatoms. The number of hydrogen-bond donors (Lipinski definition) is 2. The standard InChI is InChI=1S/C17H25N3O3.HI/c1-4-18-17(19-10-12-5-6-12)20-11-13-7-8-15(22-2)14(9-13)16(21)23-3;/h7-9,12H,4-6,10-11H2,1-3H3,(H2,18,19,20);1H. The maximum Gasteiger partial charge on any atom is 0.341 e. The highest BCUT2D eigenvalue weighted by Gasteiger charge is 2.21. The van der Waals surface area contributed by atoms with Gasteiger partial charge in [-0.25, -0.2) is 9.79 Å². The van der Waals surface area contributed by atoms with Crippen molar-refractivity contribution in [2.45, 2.75) is 26.3 Å². The molecule has 0 spiro atoms. The van der Waals surface area contributed by atoms with Gasteiger partial charge in [0.05, 0.1) is 20.8 Å². The van der Waals surface area contributed by atoms with Crippen LogP contribution in [0.1, 0.15) is 35.7 Å². The number of benzene rings is 1. The zero-order valence-corrected chi connectivity index (χ0v) is 16.8. The van der Waals surface area contributed by atoms with Gasteiger partial charge >= 0.3 is 5.97 Å². The molecule has 6 nitrogen and oxygen atoms in total. The number of nitrogens with one attached hydrogen (secondary N) is 2. The molecule has 0 aliphatic heterocycles. The molecule has 1 aliphatic rings. The topological polar surface area (TPSA) is 72.0 Å². The number of hydrogen-bond acceptors (Lipinski definition) is 4. The number of methoxy groups -OCH3 is 2. The van der Waals surface area contributed by atoms with Gasteiger partial charge in [0, 0.05) is 13.1 Å². The third kappa shape index (κ3) is 6.18. The lowest BCUT2D eigenvalue weighted by Crippen LogP contribution is -2.38. The molecule has 0 bridgehead atoms. The predicted molar refractivity (Wildman–Crippen MR) is 105 cm³/mol. The lowest BCUT2D eigenvalue weighted by atomic mass is 10.1. The number of rotatable bonds is 7. The van der Waals surface area contributed by atoms with E-state index in [1.807, 2.05) is 13.0 Å². The van der Waals surface area contributed by atoms with Gasteiger partial charge in [0.2, 0.25) is 0 Å². The van der Waals surface area contributed by atoms with Crippen LogP contribution in [0.2, 0.25) is 0 Å². The summed E-state index contributed by atoms with van der Waals surface area (Å²) in [6.07, 6.45) is 2.60. The van der Waals surface area contributed by atoms with Crippen molar-refractivity contribution in [3.05, 3.63) is 29.3 Å². The van der Waals surface area contributed by atoms with Crippen LogP contribution >= 0.6 is 24.0 Å². The van der Waals surface area contributed by atoms with E-state index < -0.39 is 5.97 Å². The van der Waals surface area contributed by atoms with Crippen molar-refractivity contribution in [2.24, 2.45) is 10.9 Å². The lowest BCUT2D eigenvalue weighted by Gasteiger charge is -2.11. The highest BCUT2D eigenvalue weighted by Crippen LogP contribution is 2.27. The third-order valence-electron chi connectivity index (χ3n) is 3.69. The molecule has 1 saturated carbocycles. The first-order chi connectivity index (χ1) is 11.2. The maximum atomic E-state index is 11.8. The summed E-state index contributed by atoms with van der Waals surface area (Å²) in [4.78, 5) is 16.4. The Morgan fingerprint density at radius 3 is 2.62 bits per heavy atom. The zero-order valence-electron chi connectivity index (χ0n) is 14.4. The number of carbonyl (C=O) groups is 1. The van der Waals surface area contributed by atoms with Crippen LogP contribution in [0.15, 0.2) is 23.2 Å². The number of guanidine groups is 1. The average Bonchev–Trinajstić information content (AvgIpc) is 3.40. The second-order valence-electron chi connectivity index (χ2n) is 5.55. The molecular formula is C17H26IN3O3. The highest BCUT2D eigenvalue weighted by molar-refractivity contribution is 14.0. The van der Waals surface area contributed by atoms with Crippen LogP contribution in [-0.2, 0) is 11.3 Å². The Kier molecular flexibility index (Phi) is 8.88. The van der Waals surface area contributed by atoms with Crippen LogP contribution in [0.5, 0.6) is 5.75 Å². The van der Waals surface area contributed by atoms with Gasteiger partial charge in [-0.05, 0) is 43.4 Å². The van der Waals surface area contributed by atoms with Crippen LogP contribution in [0, 0.1) is 5.92 Å².